The van der Waals surface area contributed by atoms with Crippen LogP contribution in [0.3, 0.4) is 0 Å². The van der Waals surface area contributed by atoms with Gasteiger partial charge in [0.2, 0.25) is 0 Å². The zero-order valence-electron chi connectivity index (χ0n) is 8.99. The molecule has 0 unspecified atom stereocenters. The average molecular weight is 221 g/mol. The Morgan fingerprint density at radius 2 is 1.93 bits per heavy atom. The van der Waals surface area contributed by atoms with Crippen molar-refractivity contribution in [3.63, 3.8) is 0 Å². The highest BCUT2D eigenvalue weighted by atomic mass is 31.2. The van der Waals surface area contributed by atoms with E-state index in [1.165, 1.54) is 0 Å². The molecule has 1 aliphatic rings. The van der Waals surface area contributed by atoms with Gasteiger partial charge in [-0.1, -0.05) is 0 Å². The molecule has 0 aromatic rings. The first-order valence-corrected chi connectivity index (χ1v) is 6.96. The van der Waals surface area contributed by atoms with Crippen LogP contribution in [0.4, 0.5) is 0 Å². The van der Waals surface area contributed by atoms with Gasteiger partial charge in [0.05, 0.1) is 13.2 Å². The lowest BCUT2D eigenvalue weighted by Gasteiger charge is -2.29. The molecule has 0 aliphatic carbocycles. The summed E-state index contributed by atoms with van der Waals surface area (Å²) in [6.07, 6.45) is 3.13. The highest BCUT2D eigenvalue weighted by molar-refractivity contribution is 7.54. The first kappa shape index (κ1) is 12.2. The van der Waals surface area contributed by atoms with Crippen molar-refractivity contribution in [2.45, 2.75) is 38.9 Å². The van der Waals surface area contributed by atoms with Crippen molar-refractivity contribution >= 4 is 7.60 Å². The average Bonchev–Trinajstić information content (AvgIpc) is 2.20. The predicted molar refractivity (Wildman–Crippen MR) is 56.5 cm³/mol. The molecule has 0 amide bonds. The summed E-state index contributed by atoms with van der Waals surface area (Å²) in [5, 5.41) is 3.22. The second-order valence-electron chi connectivity index (χ2n) is 3.34. The maximum absolute atomic E-state index is 12.3. The Morgan fingerprint density at radius 3 is 2.36 bits per heavy atom. The molecule has 0 spiro atoms. The van der Waals surface area contributed by atoms with Crippen LogP contribution in [0, 0.1) is 0 Å². The maximum atomic E-state index is 12.3. The van der Waals surface area contributed by atoms with Crippen LogP contribution in [0.5, 0.6) is 0 Å². The largest absolute Gasteiger partial charge is 0.347 e. The summed E-state index contributed by atoms with van der Waals surface area (Å²) in [6, 6.07) is 0. The Morgan fingerprint density at radius 1 is 1.29 bits per heavy atom. The summed E-state index contributed by atoms with van der Waals surface area (Å²) in [7, 11) is -2.91. The highest BCUT2D eigenvalue weighted by Crippen LogP contribution is 2.53. The van der Waals surface area contributed by atoms with Gasteiger partial charge in [-0.3, -0.25) is 4.57 Å². The van der Waals surface area contributed by atoms with E-state index in [4.69, 9.17) is 9.05 Å². The van der Waals surface area contributed by atoms with Gasteiger partial charge in [0.25, 0.3) is 0 Å². The van der Waals surface area contributed by atoms with E-state index in [-0.39, 0.29) is 5.78 Å². The van der Waals surface area contributed by atoms with Gasteiger partial charge in [-0.2, -0.15) is 0 Å². The van der Waals surface area contributed by atoms with Crippen molar-refractivity contribution in [3.05, 3.63) is 0 Å². The van der Waals surface area contributed by atoms with Gasteiger partial charge in [-0.05, 0) is 39.7 Å². The molecule has 0 aromatic carbocycles. The quantitative estimate of drug-likeness (QED) is 0.724. The van der Waals surface area contributed by atoms with Crippen LogP contribution in [0.2, 0.25) is 0 Å². The zero-order chi connectivity index (χ0) is 10.4. The van der Waals surface area contributed by atoms with Gasteiger partial charge in [0.15, 0.2) is 0 Å². The maximum Gasteiger partial charge on any atom is 0.347 e. The normalized spacial score (nSPS) is 23.7. The Balaban J connectivity index is 2.59. The van der Waals surface area contributed by atoms with Crippen molar-refractivity contribution in [3.8, 4) is 0 Å². The molecule has 1 N–H and O–H groups in total. The first-order valence-electron chi connectivity index (χ1n) is 5.35. The van der Waals surface area contributed by atoms with E-state index in [1.54, 1.807) is 0 Å². The van der Waals surface area contributed by atoms with Gasteiger partial charge < -0.3 is 14.4 Å². The fraction of sp³-hybridized carbons (Fsp3) is 1.00. The summed E-state index contributed by atoms with van der Waals surface area (Å²) < 4.78 is 22.8. The van der Waals surface area contributed by atoms with Crippen LogP contribution in [0.25, 0.3) is 0 Å². The van der Waals surface area contributed by atoms with Crippen LogP contribution in [0.15, 0.2) is 0 Å². The van der Waals surface area contributed by atoms with Gasteiger partial charge in [0, 0.05) is 0 Å². The van der Waals surface area contributed by atoms with E-state index in [9.17, 15) is 4.57 Å². The van der Waals surface area contributed by atoms with Crippen LogP contribution >= 0.6 is 7.60 Å². The molecule has 84 valence electrons. The first-order chi connectivity index (χ1) is 6.73. The van der Waals surface area contributed by atoms with E-state index in [1.807, 2.05) is 13.8 Å². The molecule has 5 heteroatoms. The molecule has 1 aliphatic heterocycles. The molecule has 1 fully saturated rings. The molecule has 1 heterocycles. The molecule has 4 nitrogen and oxygen atoms in total. The monoisotopic (exact) mass is 221 g/mol. The van der Waals surface area contributed by atoms with Crippen LogP contribution in [0.1, 0.15) is 33.1 Å². The van der Waals surface area contributed by atoms with Crippen molar-refractivity contribution in [1.82, 2.24) is 5.32 Å². The second-order valence-corrected chi connectivity index (χ2v) is 5.56. The number of hydrogen-bond donors (Lipinski definition) is 1. The van der Waals surface area contributed by atoms with Gasteiger partial charge in [-0.15, -0.1) is 0 Å². The molecule has 1 saturated heterocycles. The third-order valence-electron chi connectivity index (χ3n) is 2.28. The lowest BCUT2D eigenvalue weighted by molar-refractivity contribution is 0.202. The molecule has 0 saturated carbocycles. The van der Waals surface area contributed by atoms with E-state index >= 15 is 0 Å². The fourth-order valence-corrected chi connectivity index (χ4v) is 3.69. The van der Waals surface area contributed by atoms with E-state index in [0.29, 0.717) is 13.2 Å². The molecule has 0 bridgehead atoms. The van der Waals surface area contributed by atoms with Gasteiger partial charge in [0.1, 0.15) is 5.78 Å². The SMILES string of the molecule is CCOP(=O)(OCC)[C@H]1CCCCN1. The topological polar surface area (TPSA) is 47.6 Å². The fourth-order valence-electron chi connectivity index (χ4n) is 1.68. The molecule has 1 atom stereocenters. The van der Waals surface area contributed by atoms with Crippen molar-refractivity contribution in [1.29, 1.82) is 0 Å². The summed E-state index contributed by atoms with van der Waals surface area (Å²) in [6.45, 7) is 5.47. The van der Waals surface area contributed by atoms with Crippen molar-refractivity contribution in [2.24, 2.45) is 0 Å². The minimum atomic E-state index is -2.91. The number of hydrogen-bond acceptors (Lipinski definition) is 4. The number of piperidine rings is 1. The van der Waals surface area contributed by atoms with Crippen LogP contribution in [-0.2, 0) is 13.6 Å². The summed E-state index contributed by atoms with van der Waals surface area (Å²) in [4.78, 5) is 0. The van der Waals surface area contributed by atoms with Gasteiger partial charge in [-0.25, -0.2) is 0 Å². The van der Waals surface area contributed by atoms with Crippen molar-refractivity contribution < 1.29 is 13.6 Å². The Kier molecular flexibility index (Phi) is 5.10. The molecular formula is C9H20NO3P. The summed E-state index contributed by atoms with van der Waals surface area (Å²) >= 11 is 0. The minimum Gasteiger partial charge on any atom is -0.308 e. The third-order valence-corrected chi connectivity index (χ3v) is 4.72. The standard InChI is InChI=1S/C9H20NO3P/c1-3-12-14(11,13-4-2)9-7-5-6-8-10-9/h9-10H,3-8H2,1-2H3/t9-/m0/s1. The zero-order valence-corrected chi connectivity index (χ0v) is 9.89. The number of rotatable bonds is 5. The molecule has 14 heavy (non-hydrogen) atoms. The molecular weight excluding hydrogens is 201 g/mol. The Labute approximate surface area is 85.9 Å². The summed E-state index contributed by atoms with van der Waals surface area (Å²) in [5.41, 5.74) is 0. The van der Waals surface area contributed by atoms with E-state index in [2.05, 4.69) is 5.32 Å². The van der Waals surface area contributed by atoms with Crippen LogP contribution in [-0.4, -0.2) is 25.5 Å². The van der Waals surface area contributed by atoms with Gasteiger partial charge >= 0.3 is 7.60 Å². The van der Waals surface area contributed by atoms with Crippen LogP contribution < -0.4 is 5.32 Å². The van der Waals surface area contributed by atoms with Crippen molar-refractivity contribution in [2.75, 3.05) is 19.8 Å². The minimum absolute atomic E-state index is 0.101. The summed E-state index contributed by atoms with van der Waals surface area (Å²) in [5.74, 6) is -0.101. The molecule has 0 aromatic heterocycles. The van der Waals surface area contributed by atoms with E-state index in [0.717, 1.165) is 25.8 Å². The smallest absolute Gasteiger partial charge is 0.308 e. The predicted octanol–water partition coefficient (Wildman–Crippen LogP) is 2.35. The van der Waals surface area contributed by atoms with E-state index < -0.39 is 7.60 Å². The second kappa shape index (κ2) is 5.86. The Hall–Kier alpha value is 0.110. The molecule has 0 radical (unpaired) electrons. The third kappa shape index (κ3) is 3.06. The lowest BCUT2D eigenvalue weighted by atomic mass is 10.2. The highest BCUT2D eigenvalue weighted by Gasteiger charge is 2.35. The lowest BCUT2D eigenvalue weighted by Crippen LogP contribution is -2.35. The number of nitrogens with one attached hydrogen (secondary N) is 1. The Bertz CT molecular complexity index is 194. The molecule has 1 rings (SSSR count).